The monoisotopic (exact) mass is 365 g/mol. The lowest BCUT2D eigenvalue weighted by Crippen LogP contribution is -2.56. The third-order valence-electron chi connectivity index (χ3n) is 5.81. The number of nitrogens with two attached hydrogens (primary N) is 1. The van der Waals surface area contributed by atoms with Crippen LogP contribution >= 0.6 is 24.8 Å². The molecule has 0 spiro atoms. The van der Waals surface area contributed by atoms with Crippen molar-refractivity contribution in [3.8, 4) is 0 Å². The second kappa shape index (κ2) is 9.45. The van der Waals surface area contributed by atoms with E-state index in [9.17, 15) is 4.79 Å². The summed E-state index contributed by atoms with van der Waals surface area (Å²) < 4.78 is 0. The first kappa shape index (κ1) is 21.0. The molecule has 1 atom stereocenters. The average Bonchev–Trinajstić information content (AvgIpc) is 2.92. The second-order valence-electron chi connectivity index (χ2n) is 7.34. The quantitative estimate of drug-likeness (QED) is 0.818. The standard InChI is InChI=1S/C17H31N3O.2ClH/c18-17(9-2-1-3-10-17)16(21)20-13-6-7-15(8-14-20)19-11-4-5-12-19;;/h15H,1-14,18H2;2*1H. The van der Waals surface area contributed by atoms with Gasteiger partial charge in [-0.1, -0.05) is 19.3 Å². The smallest absolute Gasteiger partial charge is 0.242 e. The van der Waals surface area contributed by atoms with E-state index in [1.165, 1.54) is 38.8 Å². The molecule has 1 aliphatic carbocycles. The fraction of sp³-hybridized carbons (Fsp3) is 0.941. The van der Waals surface area contributed by atoms with Crippen molar-refractivity contribution in [2.24, 2.45) is 5.73 Å². The third kappa shape index (κ3) is 4.97. The Balaban J connectivity index is 0.00000132. The molecule has 6 heteroatoms. The first-order chi connectivity index (χ1) is 10.2. The highest BCUT2D eigenvalue weighted by Gasteiger charge is 2.39. The zero-order valence-corrected chi connectivity index (χ0v) is 15.8. The van der Waals surface area contributed by atoms with Gasteiger partial charge in [-0.05, 0) is 58.0 Å². The SMILES string of the molecule is Cl.Cl.NC1(C(=O)N2CCCC(N3CCCC3)CC2)CCCCC1. The van der Waals surface area contributed by atoms with Crippen molar-refractivity contribution in [1.29, 1.82) is 0 Å². The van der Waals surface area contributed by atoms with Gasteiger partial charge >= 0.3 is 0 Å². The largest absolute Gasteiger partial charge is 0.341 e. The number of carbonyl (C=O) groups excluding carboxylic acids is 1. The van der Waals surface area contributed by atoms with Crippen LogP contribution in [-0.2, 0) is 4.79 Å². The zero-order chi connectivity index (χ0) is 14.7. The van der Waals surface area contributed by atoms with Crippen LogP contribution in [0.4, 0.5) is 0 Å². The maximum Gasteiger partial charge on any atom is 0.242 e. The van der Waals surface area contributed by atoms with E-state index < -0.39 is 5.54 Å². The summed E-state index contributed by atoms with van der Waals surface area (Å²) in [6, 6.07) is 0.699. The maximum absolute atomic E-state index is 12.8. The van der Waals surface area contributed by atoms with Crippen LogP contribution in [0.5, 0.6) is 0 Å². The molecule has 23 heavy (non-hydrogen) atoms. The van der Waals surface area contributed by atoms with Crippen molar-refractivity contribution in [1.82, 2.24) is 9.80 Å². The fourth-order valence-corrected chi connectivity index (χ4v) is 4.47. The van der Waals surface area contributed by atoms with Crippen LogP contribution in [0.15, 0.2) is 0 Å². The number of nitrogens with zero attached hydrogens (tertiary/aromatic N) is 2. The molecule has 2 heterocycles. The molecular weight excluding hydrogens is 333 g/mol. The summed E-state index contributed by atoms with van der Waals surface area (Å²) >= 11 is 0. The Morgan fingerprint density at radius 2 is 1.48 bits per heavy atom. The lowest BCUT2D eigenvalue weighted by atomic mass is 9.81. The predicted molar refractivity (Wildman–Crippen MR) is 99.5 cm³/mol. The lowest BCUT2D eigenvalue weighted by molar-refractivity contribution is -0.138. The van der Waals surface area contributed by atoms with E-state index in [1.54, 1.807) is 0 Å². The summed E-state index contributed by atoms with van der Waals surface area (Å²) in [6.45, 7) is 4.36. The number of hydrogen-bond acceptors (Lipinski definition) is 3. The zero-order valence-electron chi connectivity index (χ0n) is 14.2. The molecule has 2 saturated heterocycles. The molecule has 3 aliphatic rings. The van der Waals surface area contributed by atoms with Gasteiger partial charge in [-0.2, -0.15) is 0 Å². The van der Waals surface area contributed by atoms with Crippen LogP contribution in [0.25, 0.3) is 0 Å². The molecule has 1 unspecified atom stereocenters. The molecule has 1 amide bonds. The third-order valence-corrected chi connectivity index (χ3v) is 5.81. The Bertz CT molecular complexity index is 369. The van der Waals surface area contributed by atoms with Gasteiger partial charge in [0.2, 0.25) is 5.91 Å². The first-order valence-corrected chi connectivity index (χ1v) is 9.01. The van der Waals surface area contributed by atoms with Crippen LogP contribution in [0.2, 0.25) is 0 Å². The highest BCUT2D eigenvalue weighted by Crippen LogP contribution is 2.29. The molecule has 136 valence electrons. The van der Waals surface area contributed by atoms with Gasteiger partial charge in [-0.25, -0.2) is 0 Å². The average molecular weight is 366 g/mol. The molecule has 0 aromatic rings. The highest BCUT2D eigenvalue weighted by atomic mass is 35.5. The van der Waals surface area contributed by atoms with Crippen LogP contribution in [0, 0.1) is 0 Å². The minimum absolute atomic E-state index is 0. The summed E-state index contributed by atoms with van der Waals surface area (Å²) in [5, 5.41) is 0. The van der Waals surface area contributed by atoms with Crippen molar-refractivity contribution in [2.45, 2.75) is 75.8 Å². The summed E-state index contributed by atoms with van der Waals surface area (Å²) in [6.07, 6.45) is 11.5. The van der Waals surface area contributed by atoms with Gasteiger partial charge in [-0.15, -0.1) is 24.8 Å². The van der Waals surface area contributed by atoms with Crippen molar-refractivity contribution < 1.29 is 4.79 Å². The van der Waals surface area contributed by atoms with Gasteiger partial charge < -0.3 is 15.5 Å². The minimum atomic E-state index is -0.550. The van der Waals surface area contributed by atoms with Crippen molar-refractivity contribution >= 4 is 30.7 Å². The topological polar surface area (TPSA) is 49.6 Å². The van der Waals surface area contributed by atoms with Gasteiger partial charge in [0.1, 0.15) is 0 Å². The van der Waals surface area contributed by atoms with Crippen LogP contribution < -0.4 is 5.73 Å². The van der Waals surface area contributed by atoms with E-state index in [0.29, 0.717) is 6.04 Å². The van der Waals surface area contributed by atoms with Crippen LogP contribution in [0.3, 0.4) is 0 Å². The molecular formula is C17H33Cl2N3O. The van der Waals surface area contributed by atoms with E-state index in [-0.39, 0.29) is 30.7 Å². The predicted octanol–water partition coefficient (Wildman–Crippen LogP) is 2.97. The summed E-state index contributed by atoms with van der Waals surface area (Å²) in [4.78, 5) is 17.6. The fourth-order valence-electron chi connectivity index (χ4n) is 4.47. The van der Waals surface area contributed by atoms with E-state index in [1.807, 2.05) is 0 Å². The number of likely N-dealkylation sites (tertiary alicyclic amines) is 2. The molecule has 3 rings (SSSR count). The van der Waals surface area contributed by atoms with E-state index in [2.05, 4.69) is 9.80 Å². The molecule has 2 aliphatic heterocycles. The number of amides is 1. The molecule has 4 nitrogen and oxygen atoms in total. The molecule has 3 fully saturated rings. The Hall–Kier alpha value is -0.0300. The maximum atomic E-state index is 12.8. The van der Waals surface area contributed by atoms with Gasteiger partial charge in [0.15, 0.2) is 0 Å². The van der Waals surface area contributed by atoms with E-state index >= 15 is 0 Å². The number of hydrogen-bond donors (Lipinski definition) is 1. The molecule has 2 N–H and O–H groups in total. The first-order valence-electron chi connectivity index (χ1n) is 9.01. The summed E-state index contributed by atoms with van der Waals surface area (Å²) in [7, 11) is 0. The van der Waals surface area contributed by atoms with Gasteiger partial charge in [0.05, 0.1) is 5.54 Å². The molecule has 0 aromatic carbocycles. The van der Waals surface area contributed by atoms with Gasteiger partial charge in [0.25, 0.3) is 0 Å². The Morgan fingerprint density at radius 1 is 0.826 bits per heavy atom. The molecule has 1 saturated carbocycles. The van der Waals surface area contributed by atoms with Crippen LogP contribution in [0.1, 0.15) is 64.2 Å². The Kier molecular flexibility index (Phi) is 8.64. The highest BCUT2D eigenvalue weighted by molar-refractivity contribution is 5.86. The van der Waals surface area contributed by atoms with Crippen molar-refractivity contribution in [3.05, 3.63) is 0 Å². The van der Waals surface area contributed by atoms with E-state index in [0.717, 1.165) is 51.6 Å². The number of carbonyl (C=O) groups is 1. The van der Waals surface area contributed by atoms with Gasteiger partial charge in [0, 0.05) is 19.1 Å². The van der Waals surface area contributed by atoms with Crippen molar-refractivity contribution in [3.63, 3.8) is 0 Å². The van der Waals surface area contributed by atoms with Gasteiger partial charge in [-0.3, -0.25) is 4.79 Å². The summed E-state index contributed by atoms with van der Waals surface area (Å²) in [5.41, 5.74) is 5.89. The Labute approximate surface area is 153 Å². The normalized spacial score (nSPS) is 28.4. The van der Waals surface area contributed by atoms with E-state index in [4.69, 9.17) is 5.73 Å². The molecule has 0 bridgehead atoms. The molecule has 0 radical (unpaired) electrons. The van der Waals surface area contributed by atoms with Crippen molar-refractivity contribution in [2.75, 3.05) is 26.2 Å². The van der Waals surface area contributed by atoms with Crippen LogP contribution in [-0.4, -0.2) is 53.5 Å². The number of rotatable bonds is 2. The second-order valence-corrected chi connectivity index (χ2v) is 7.34. The molecule has 0 aromatic heterocycles. The minimum Gasteiger partial charge on any atom is -0.341 e. The Morgan fingerprint density at radius 3 is 2.13 bits per heavy atom. The lowest BCUT2D eigenvalue weighted by Gasteiger charge is -2.36. The summed E-state index contributed by atoms with van der Waals surface area (Å²) in [5.74, 6) is 0.240. The number of halogens is 2.